The number of benzene rings is 4. The lowest BCUT2D eigenvalue weighted by molar-refractivity contribution is 0.130. The smallest absolute Gasteiger partial charge is 0.130 e. The Morgan fingerprint density at radius 3 is 1.84 bits per heavy atom. The predicted molar refractivity (Wildman–Crippen MR) is 212 cm³/mol. The van der Waals surface area contributed by atoms with Gasteiger partial charge in [0.1, 0.15) is 34.4 Å². The molecular weight excluding hydrogens is 613 g/mol. The van der Waals surface area contributed by atoms with Gasteiger partial charge >= 0.3 is 0 Å². The first kappa shape index (κ1) is 37.0. The molecule has 1 unspecified atom stereocenters. The average Bonchev–Trinajstić information content (AvgIpc) is 3.03. The molecule has 1 aliphatic rings. The van der Waals surface area contributed by atoms with Gasteiger partial charge in [-0.25, -0.2) is 0 Å². The molecule has 1 saturated carbocycles. The first-order valence-corrected chi connectivity index (χ1v) is 18.5. The van der Waals surface area contributed by atoms with Crippen LogP contribution in [0.2, 0.25) is 0 Å². The number of hydrogen-bond donors (Lipinski definition) is 0. The van der Waals surface area contributed by atoms with Crippen LogP contribution >= 0.6 is 0 Å². The van der Waals surface area contributed by atoms with Crippen LogP contribution in [0.4, 0.5) is 0 Å². The Morgan fingerprint density at radius 1 is 0.720 bits per heavy atom. The Hall–Kier alpha value is -4.24. The molecule has 1 aliphatic carbocycles. The third-order valence-corrected chi connectivity index (χ3v) is 9.56. The fourth-order valence-electron chi connectivity index (χ4n) is 6.85. The number of allylic oxidation sites excluding steroid dienone is 3. The zero-order valence-corrected chi connectivity index (χ0v) is 32.4. The van der Waals surface area contributed by atoms with Crippen LogP contribution in [0.15, 0.2) is 90.5 Å². The number of hydrogen-bond acceptors (Lipinski definition) is 3. The van der Waals surface area contributed by atoms with Gasteiger partial charge in [0, 0.05) is 11.5 Å². The van der Waals surface area contributed by atoms with E-state index in [4.69, 9.17) is 14.2 Å². The van der Waals surface area contributed by atoms with Crippen molar-refractivity contribution < 1.29 is 14.2 Å². The van der Waals surface area contributed by atoms with Crippen molar-refractivity contribution >= 4 is 11.3 Å². The van der Waals surface area contributed by atoms with Crippen LogP contribution in [0, 0.1) is 26.2 Å². The molecule has 0 spiro atoms. The van der Waals surface area contributed by atoms with Gasteiger partial charge in [0.25, 0.3) is 0 Å². The first-order chi connectivity index (χ1) is 23.6. The lowest BCUT2D eigenvalue weighted by atomic mass is 9.74. The van der Waals surface area contributed by atoms with Gasteiger partial charge in [0.15, 0.2) is 0 Å². The average molecular weight is 671 g/mol. The standard InChI is InChI=1S/C47H58O3/c1-12-13-17-43(35-18-23-39(24-19-35)48-40-25-20-37(21-26-40)45(46(6,7)8)36-15-14-16-36)49-44-30-31(2)41(29-33(44)4)34(5)38-22-27-42(32(3)28-38)50-47(9,10)11/h17-30,34H,12-16H2,1-11H3/b43-17-. The Kier molecular flexibility index (Phi) is 11.4. The minimum Gasteiger partial charge on any atom is -0.488 e. The van der Waals surface area contributed by atoms with Gasteiger partial charge < -0.3 is 14.2 Å². The van der Waals surface area contributed by atoms with E-state index in [1.165, 1.54) is 47.1 Å². The van der Waals surface area contributed by atoms with Crippen molar-refractivity contribution in [3.05, 3.63) is 129 Å². The number of ether oxygens (including phenoxy) is 3. The van der Waals surface area contributed by atoms with Crippen LogP contribution in [0.25, 0.3) is 11.3 Å². The maximum atomic E-state index is 6.69. The molecule has 264 valence electrons. The monoisotopic (exact) mass is 670 g/mol. The van der Waals surface area contributed by atoms with Crippen LogP contribution in [-0.2, 0) is 0 Å². The zero-order chi connectivity index (χ0) is 36.2. The van der Waals surface area contributed by atoms with Gasteiger partial charge in [-0.3, -0.25) is 0 Å². The second-order valence-corrected chi connectivity index (χ2v) is 16.1. The second-order valence-electron chi connectivity index (χ2n) is 16.1. The van der Waals surface area contributed by atoms with Gasteiger partial charge in [-0.15, -0.1) is 0 Å². The van der Waals surface area contributed by atoms with Gasteiger partial charge in [-0.2, -0.15) is 0 Å². The van der Waals surface area contributed by atoms with E-state index in [0.717, 1.165) is 58.3 Å². The molecule has 3 nitrogen and oxygen atoms in total. The molecule has 0 aliphatic heterocycles. The predicted octanol–water partition coefficient (Wildman–Crippen LogP) is 13.9. The molecule has 0 N–H and O–H groups in total. The highest BCUT2D eigenvalue weighted by atomic mass is 16.5. The molecule has 4 aromatic rings. The maximum absolute atomic E-state index is 6.69. The van der Waals surface area contributed by atoms with Crippen molar-refractivity contribution in [2.24, 2.45) is 5.41 Å². The summed E-state index contributed by atoms with van der Waals surface area (Å²) in [5, 5.41) is 0. The van der Waals surface area contributed by atoms with Crippen LogP contribution in [0.3, 0.4) is 0 Å². The van der Waals surface area contributed by atoms with Gasteiger partial charge in [-0.05, 0) is 166 Å². The summed E-state index contributed by atoms with van der Waals surface area (Å²) < 4.78 is 19.1. The lowest BCUT2D eigenvalue weighted by Gasteiger charge is -2.31. The maximum Gasteiger partial charge on any atom is 0.130 e. The fraction of sp³-hybridized carbons (Fsp3) is 0.404. The van der Waals surface area contributed by atoms with Crippen molar-refractivity contribution in [3.63, 3.8) is 0 Å². The second kappa shape index (κ2) is 15.3. The normalized spacial score (nSPS) is 14.2. The molecule has 1 atom stereocenters. The van der Waals surface area contributed by atoms with E-state index >= 15 is 0 Å². The molecule has 0 heterocycles. The minimum absolute atomic E-state index is 0.130. The van der Waals surface area contributed by atoms with Crippen molar-refractivity contribution in [1.82, 2.24) is 0 Å². The Balaban J connectivity index is 1.31. The highest BCUT2D eigenvalue weighted by Crippen LogP contribution is 2.44. The van der Waals surface area contributed by atoms with Gasteiger partial charge in [-0.1, -0.05) is 76.9 Å². The van der Waals surface area contributed by atoms with E-state index in [1.54, 1.807) is 5.57 Å². The fourth-order valence-corrected chi connectivity index (χ4v) is 6.85. The highest BCUT2D eigenvalue weighted by Gasteiger charge is 2.26. The van der Waals surface area contributed by atoms with Crippen molar-refractivity contribution in [2.45, 2.75) is 120 Å². The third-order valence-electron chi connectivity index (χ3n) is 9.56. The minimum atomic E-state index is -0.224. The van der Waals surface area contributed by atoms with E-state index in [9.17, 15) is 0 Å². The topological polar surface area (TPSA) is 27.7 Å². The van der Waals surface area contributed by atoms with E-state index < -0.39 is 0 Å². The van der Waals surface area contributed by atoms with Crippen LogP contribution in [0.5, 0.6) is 23.0 Å². The molecule has 0 saturated heterocycles. The molecule has 5 rings (SSSR count). The molecule has 0 aromatic heterocycles. The summed E-state index contributed by atoms with van der Waals surface area (Å²) in [4.78, 5) is 0. The summed E-state index contributed by atoms with van der Waals surface area (Å²) in [7, 11) is 0. The van der Waals surface area contributed by atoms with Crippen molar-refractivity contribution in [3.8, 4) is 23.0 Å². The highest BCUT2D eigenvalue weighted by molar-refractivity contribution is 5.74. The van der Waals surface area contributed by atoms with Crippen LogP contribution < -0.4 is 14.2 Å². The summed E-state index contributed by atoms with van der Waals surface area (Å²) in [6.07, 6.45) is 7.94. The zero-order valence-electron chi connectivity index (χ0n) is 32.4. The van der Waals surface area contributed by atoms with E-state index in [2.05, 4.69) is 149 Å². The first-order valence-electron chi connectivity index (χ1n) is 18.5. The lowest BCUT2D eigenvalue weighted by Crippen LogP contribution is -2.23. The largest absolute Gasteiger partial charge is 0.488 e. The van der Waals surface area contributed by atoms with Gasteiger partial charge in [0.05, 0.1) is 0 Å². The molecule has 0 radical (unpaired) electrons. The van der Waals surface area contributed by atoms with Crippen LogP contribution in [0.1, 0.15) is 132 Å². The molecule has 4 aromatic carbocycles. The van der Waals surface area contributed by atoms with Crippen molar-refractivity contribution in [1.29, 1.82) is 0 Å². The summed E-state index contributed by atoms with van der Waals surface area (Å²) >= 11 is 0. The summed E-state index contributed by atoms with van der Waals surface area (Å²) in [6, 6.07) is 27.9. The molecule has 1 fully saturated rings. The third kappa shape index (κ3) is 9.10. The Bertz CT molecular complexity index is 1840. The molecule has 3 heteroatoms. The number of aryl methyl sites for hydroxylation is 3. The van der Waals surface area contributed by atoms with E-state index in [1.807, 2.05) is 12.1 Å². The van der Waals surface area contributed by atoms with Crippen LogP contribution in [-0.4, -0.2) is 5.60 Å². The van der Waals surface area contributed by atoms with E-state index in [0.29, 0.717) is 0 Å². The quantitative estimate of drug-likeness (QED) is 0.149. The Labute approximate surface area is 302 Å². The SMILES string of the molecule is CCC/C=C(\Oc1cc(C)c(C(C)c2ccc(OC(C)(C)C)c(C)c2)cc1C)c1ccc(Oc2ccc(C(=C3CCC3)C(C)(C)C)cc2)cc1. The summed E-state index contributed by atoms with van der Waals surface area (Å²) in [5.74, 6) is 4.59. The number of unbranched alkanes of at least 4 members (excludes halogenated alkanes) is 1. The molecule has 0 amide bonds. The Morgan fingerprint density at radius 2 is 1.32 bits per heavy atom. The van der Waals surface area contributed by atoms with Crippen molar-refractivity contribution in [2.75, 3.05) is 0 Å². The molecule has 0 bridgehead atoms. The van der Waals surface area contributed by atoms with Gasteiger partial charge in [0.2, 0.25) is 0 Å². The summed E-state index contributed by atoms with van der Waals surface area (Å²) in [6.45, 7) is 24.1. The molecule has 50 heavy (non-hydrogen) atoms. The van der Waals surface area contributed by atoms with E-state index in [-0.39, 0.29) is 16.9 Å². The molecular formula is C47H58O3. The number of rotatable bonds is 11. The summed E-state index contributed by atoms with van der Waals surface area (Å²) in [5.41, 5.74) is 11.4.